The van der Waals surface area contributed by atoms with Crippen LogP contribution in [0.15, 0.2) is 17.1 Å². The van der Waals surface area contributed by atoms with Crippen LogP contribution in [0.5, 0.6) is 0 Å². The quantitative estimate of drug-likeness (QED) is 0.904. The number of rotatable bonds is 3. The van der Waals surface area contributed by atoms with Crippen LogP contribution in [-0.2, 0) is 22.3 Å². The van der Waals surface area contributed by atoms with Crippen molar-refractivity contribution in [3.63, 3.8) is 0 Å². The van der Waals surface area contributed by atoms with Crippen LogP contribution in [0.2, 0.25) is 5.02 Å². The summed E-state index contributed by atoms with van der Waals surface area (Å²) in [5.74, 6) is -0.265. The summed E-state index contributed by atoms with van der Waals surface area (Å²) >= 11 is 5.54. The summed E-state index contributed by atoms with van der Waals surface area (Å²) in [6.45, 7) is 0.154. The van der Waals surface area contributed by atoms with Gasteiger partial charge in [-0.3, -0.25) is 9.59 Å². The molecule has 0 aromatic carbocycles. The number of nitrogens with zero attached hydrogens (tertiary/aromatic N) is 1. The SMILES string of the molecule is O=C(Cn1cc(C(F)(F)F)cc(Cl)c1=O)N[C@@H]1C[C@H]2OCC[C@@H]12. The number of halogens is 4. The predicted molar refractivity (Wildman–Crippen MR) is 75.1 cm³/mol. The number of ether oxygens (including phenoxy) is 1. The molecule has 1 amide bonds. The molecule has 0 unspecified atom stereocenters. The molecule has 0 spiro atoms. The van der Waals surface area contributed by atoms with Gasteiger partial charge in [0.2, 0.25) is 5.91 Å². The van der Waals surface area contributed by atoms with E-state index < -0.39 is 34.8 Å². The first-order valence-electron chi connectivity index (χ1n) is 7.14. The summed E-state index contributed by atoms with van der Waals surface area (Å²) in [5.41, 5.74) is -1.90. The summed E-state index contributed by atoms with van der Waals surface area (Å²) in [7, 11) is 0. The summed E-state index contributed by atoms with van der Waals surface area (Å²) in [6.07, 6.45) is -2.33. The highest BCUT2D eigenvalue weighted by atomic mass is 35.5. The van der Waals surface area contributed by atoms with Crippen LogP contribution in [0.4, 0.5) is 13.2 Å². The second-order valence-corrected chi connectivity index (χ2v) is 6.19. The number of amides is 1. The molecule has 1 saturated carbocycles. The molecule has 0 bridgehead atoms. The van der Waals surface area contributed by atoms with Crippen LogP contribution < -0.4 is 10.9 Å². The van der Waals surface area contributed by atoms with E-state index in [-0.39, 0.29) is 18.1 Å². The Kier molecular flexibility index (Phi) is 4.14. The van der Waals surface area contributed by atoms with E-state index in [2.05, 4.69) is 5.32 Å². The number of carbonyl (C=O) groups excluding carboxylic acids is 1. The zero-order chi connectivity index (χ0) is 16.8. The molecule has 1 aliphatic carbocycles. The molecular formula is C14H14ClF3N2O3. The first-order chi connectivity index (χ1) is 10.8. The molecule has 0 radical (unpaired) electrons. The number of fused-ring (bicyclic) bond motifs is 1. The molecule has 9 heteroatoms. The fourth-order valence-corrected chi connectivity index (χ4v) is 3.27. The second-order valence-electron chi connectivity index (χ2n) is 5.78. The minimum Gasteiger partial charge on any atom is -0.378 e. The third kappa shape index (κ3) is 3.23. The van der Waals surface area contributed by atoms with E-state index in [1.165, 1.54) is 0 Å². The van der Waals surface area contributed by atoms with E-state index >= 15 is 0 Å². The molecule has 2 heterocycles. The number of pyridine rings is 1. The standard InChI is InChI=1S/C14H14ClF3N2O3/c15-9-3-7(14(16,17)18)5-20(13(9)22)6-12(21)19-10-4-11-8(10)1-2-23-11/h3,5,8,10-11H,1-2,4,6H2,(H,19,21)/t8-,10+,11+/m0/s1. The Morgan fingerprint density at radius 2 is 2.22 bits per heavy atom. The van der Waals surface area contributed by atoms with Crippen LogP contribution >= 0.6 is 11.6 Å². The molecule has 1 aliphatic heterocycles. The number of aromatic nitrogens is 1. The van der Waals surface area contributed by atoms with Crippen LogP contribution in [0, 0.1) is 5.92 Å². The molecule has 23 heavy (non-hydrogen) atoms. The largest absolute Gasteiger partial charge is 0.417 e. The van der Waals surface area contributed by atoms with Crippen molar-refractivity contribution in [3.05, 3.63) is 33.2 Å². The topological polar surface area (TPSA) is 60.3 Å². The van der Waals surface area contributed by atoms with Gasteiger partial charge in [0.15, 0.2) is 0 Å². The summed E-state index contributed by atoms with van der Waals surface area (Å²) in [5, 5.41) is 2.17. The fourth-order valence-electron chi connectivity index (χ4n) is 3.04. The zero-order valence-corrected chi connectivity index (χ0v) is 12.7. The van der Waals surface area contributed by atoms with Crippen molar-refractivity contribution < 1.29 is 22.7 Å². The zero-order valence-electron chi connectivity index (χ0n) is 11.9. The Morgan fingerprint density at radius 1 is 1.48 bits per heavy atom. The van der Waals surface area contributed by atoms with Gasteiger partial charge in [-0.1, -0.05) is 11.6 Å². The van der Waals surface area contributed by atoms with Gasteiger partial charge in [-0.25, -0.2) is 0 Å². The fraction of sp³-hybridized carbons (Fsp3) is 0.571. The molecule has 126 valence electrons. The number of alkyl halides is 3. The van der Waals surface area contributed by atoms with Crippen molar-refractivity contribution in [2.24, 2.45) is 5.92 Å². The van der Waals surface area contributed by atoms with Crippen LogP contribution in [0.3, 0.4) is 0 Å². The number of nitrogens with one attached hydrogen (secondary N) is 1. The lowest BCUT2D eigenvalue weighted by atomic mass is 9.76. The Bertz CT molecular complexity index is 689. The van der Waals surface area contributed by atoms with E-state index in [4.69, 9.17) is 16.3 Å². The van der Waals surface area contributed by atoms with Crippen molar-refractivity contribution in [2.75, 3.05) is 6.61 Å². The maximum absolute atomic E-state index is 12.7. The molecule has 2 aliphatic rings. The average molecular weight is 351 g/mol. The lowest BCUT2D eigenvalue weighted by molar-refractivity contribution is -0.138. The Hall–Kier alpha value is -1.54. The van der Waals surface area contributed by atoms with Crippen molar-refractivity contribution in [1.82, 2.24) is 9.88 Å². The van der Waals surface area contributed by atoms with Gasteiger partial charge in [0, 0.05) is 24.8 Å². The van der Waals surface area contributed by atoms with Gasteiger partial charge in [0.1, 0.15) is 11.6 Å². The van der Waals surface area contributed by atoms with Gasteiger partial charge >= 0.3 is 6.18 Å². The van der Waals surface area contributed by atoms with E-state index in [1.807, 2.05) is 0 Å². The van der Waals surface area contributed by atoms with E-state index in [0.29, 0.717) is 29.9 Å². The lowest BCUT2D eigenvalue weighted by Gasteiger charge is -2.39. The van der Waals surface area contributed by atoms with Crippen LogP contribution in [-0.4, -0.2) is 29.2 Å². The molecule has 2 fully saturated rings. The van der Waals surface area contributed by atoms with Gasteiger partial charge in [-0.2, -0.15) is 13.2 Å². The first-order valence-corrected chi connectivity index (χ1v) is 7.51. The molecule has 1 aromatic rings. The van der Waals surface area contributed by atoms with Crippen LogP contribution in [0.1, 0.15) is 18.4 Å². The summed E-state index contributed by atoms with van der Waals surface area (Å²) < 4.78 is 44.4. The number of hydrogen-bond acceptors (Lipinski definition) is 3. The summed E-state index contributed by atoms with van der Waals surface area (Å²) in [6, 6.07) is 0.511. The highest BCUT2D eigenvalue weighted by molar-refractivity contribution is 6.30. The van der Waals surface area contributed by atoms with Crippen molar-refractivity contribution in [2.45, 2.75) is 37.7 Å². The third-order valence-corrected chi connectivity index (χ3v) is 4.56. The maximum Gasteiger partial charge on any atom is 0.417 e. The summed E-state index contributed by atoms with van der Waals surface area (Å²) in [4.78, 5) is 23.8. The van der Waals surface area contributed by atoms with Crippen molar-refractivity contribution in [3.8, 4) is 0 Å². The number of hydrogen-bond donors (Lipinski definition) is 1. The molecule has 5 nitrogen and oxygen atoms in total. The normalized spacial score (nSPS) is 26.5. The van der Waals surface area contributed by atoms with Crippen molar-refractivity contribution >= 4 is 17.5 Å². The maximum atomic E-state index is 12.7. The van der Waals surface area contributed by atoms with E-state index in [0.717, 1.165) is 6.42 Å². The Labute approximate surface area is 134 Å². The molecule has 1 N–H and O–H groups in total. The molecule has 1 saturated heterocycles. The highest BCUT2D eigenvalue weighted by Gasteiger charge is 2.45. The third-order valence-electron chi connectivity index (χ3n) is 4.29. The average Bonchev–Trinajstić information content (AvgIpc) is 2.81. The van der Waals surface area contributed by atoms with Gasteiger partial charge in [0.05, 0.1) is 11.7 Å². The highest BCUT2D eigenvalue weighted by Crippen LogP contribution is 2.38. The van der Waals surface area contributed by atoms with Gasteiger partial charge < -0.3 is 14.6 Å². The Morgan fingerprint density at radius 3 is 2.87 bits per heavy atom. The lowest BCUT2D eigenvalue weighted by Crippen LogP contribution is -2.54. The second kappa shape index (κ2) is 5.83. The monoisotopic (exact) mass is 350 g/mol. The smallest absolute Gasteiger partial charge is 0.378 e. The van der Waals surface area contributed by atoms with Gasteiger partial charge in [-0.05, 0) is 18.9 Å². The van der Waals surface area contributed by atoms with E-state index in [1.54, 1.807) is 0 Å². The van der Waals surface area contributed by atoms with E-state index in [9.17, 15) is 22.8 Å². The number of carbonyl (C=O) groups is 1. The van der Waals surface area contributed by atoms with Gasteiger partial charge in [-0.15, -0.1) is 0 Å². The molecule has 1 aromatic heterocycles. The molecule has 3 atom stereocenters. The Balaban J connectivity index is 1.70. The molecule has 3 rings (SSSR count). The first kappa shape index (κ1) is 16.3. The predicted octanol–water partition coefficient (Wildman–Crippen LogP) is 1.81. The molecular weight excluding hydrogens is 337 g/mol. The minimum absolute atomic E-state index is 0.0491. The van der Waals surface area contributed by atoms with Gasteiger partial charge in [0.25, 0.3) is 5.56 Å². The minimum atomic E-state index is -4.64. The van der Waals surface area contributed by atoms with Crippen LogP contribution in [0.25, 0.3) is 0 Å². The van der Waals surface area contributed by atoms with Crippen molar-refractivity contribution in [1.29, 1.82) is 0 Å².